The first kappa shape index (κ1) is 18.1. The Kier molecular flexibility index (Phi) is 4.99. The molecule has 0 spiro atoms. The molecule has 7 heteroatoms. The van der Waals surface area contributed by atoms with E-state index < -0.39 is 0 Å². The minimum absolute atomic E-state index is 0.106. The molecule has 2 heterocycles. The van der Waals surface area contributed by atoms with Crippen molar-refractivity contribution in [3.8, 4) is 22.0 Å². The quantitative estimate of drug-likeness (QED) is 0.536. The van der Waals surface area contributed by atoms with Gasteiger partial charge in [0.2, 0.25) is 16.9 Å². The van der Waals surface area contributed by atoms with Gasteiger partial charge in [-0.05, 0) is 31.5 Å². The summed E-state index contributed by atoms with van der Waals surface area (Å²) in [5, 5.41) is 12.3. The van der Waals surface area contributed by atoms with Gasteiger partial charge in [0.05, 0.1) is 12.1 Å². The van der Waals surface area contributed by atoms with Gasteiger partial charge in [-0.2, -0.15) is 0 Å². The van der Waals surface area contributed by atoms with Gasteiger partial charge in [-0.25, -0.2) is 4.98 Å². The number of hydrogen-bond donors (Lipinski definition) is 1. The number of anilines is 1. The number of carbonyl (C=O) groups is 1. The van der Waals surface area contributed by atoms with E-state index in [1.54, 1.807) is 0 Å². The second kappa shape index (κ2) is 7.74. The maximum absolute atomic E-state index is 12.3. The molecule has 0 unspecified atom stereocenters. The monoisotopic (exact) mass is 390 g/mol. The summed E-state index contributed by atoms with van der Waals surface area (Å²) < 4.78 is 5.47. The van der Waals surface area contributed by atoms with E-state index in [9.17, 15) is 4.79 Å². The summed E-state index contributed by atoms with van der Waals surface area (Å²) in [7, 11) is 0. The number of amides is 1. The van der Waals surface area contributed by atoms with Crippen molar-refractivity contribution in [1.82, 2.24) is 15.2 Å². The molecule has 2 aromatic heterocycles. The van der Waals surface area contributed by atoms with Crippen LogP contribution in [0.1, 0.15) is 16.8 Å². The highest BCUT2D eigenvalue weighted by Gasteiger charge is 2.14. The van der Waals surface area contributed by atoms with Crippen LogP contribution < -0.4 is 5.32 Å². The van der Waals surface area contributed by atoms with Crippen molar-refractivity contribution in [2.45, 2.75) is 20.3 Å². The predicted octanol–water partition coefficient (Wildman–Crippen LogP) is 4.66. The lowest BCUT2D eigenvalue weighted by molar-refractivity contribution is -0.115. The Morgan fingerprint density at radius 3 is 2.71 bits per heavy atom. The highest BCUT2D eigenvalue weighted by atomic mass is 32.1. The lowest BCUT2D eigenvalue weighted by Gasteiger charge is -2.02. The zero-order valence-corrected chi connectivity index (χ0v) is 16.3. The second-order valence-electron chi connectivity index (χ2n) is 6.47. The van der Waals surface area contributed by atoms with Gasteiger partial charge in [0, 0.05) is 11.1 Å². The zero-order valence-electron chi connectivity index (χ0n) is 15.5. The third-order valence-corrected chi connectivity index (χ3v) is 5.07. The molecule has 6 nitrogen and oxygen atoms in total. The summed E-state index contributed by atoms with van der Waals surface area (Å²) in [5.41, 5.74) is 4.78. The molecule has 0 atom stereocenters. The molecule has 1 amide bonds. The number of nitrogens with zero attached hydrogens (tertiary/aromatic N) is 3. The van der Waals surface area contributed by atoms with Gasteiger partial charge in [-0.3, -0.25) is 4.79 Å². The first-order chi connectivity index (χ1) is 13.6. The molecule has 0 aliphatic heterocycles. The molecule has 2 aromatic carbocycles. The second-order valence-corrected chi connectivity index (χ2v) is 7.44. The minimum Gasteiger partial charge on any atom is -0.444 e. The van der Waals surface area contributed by atoms with Crippen molar-refractivity contribution in [2.75, 3.05) is 5.32 Å². The smallest absolute Gasteiger partial charge is 0.232 e. The van der Waals surface area contributed by atoms with Crippen molar-refractivity contribution in [2.24, 2.45) is 0 Å². The van der Waals surface area contributed by atoms with Crippen LogP contribution in [0.3, 0.4) is 0 Å². The fourth-order valence-electron chi connectivity index (χ4n) is 2.87. The first-order valence-electron chi connectivity index (χ1n) is 8.79. The number of rotatable bonds is 5. The van der Waals surface area contributed by atoms with Crippen molar-refractivity contribution >= 4 is 22.4 Å². The molecular weight excluding hydrogens is 372 g/mol. The third-order valence-electron chi connectivity index (χ3n) is 4.20. The molecule has 0 saturated heterocycles. The van der Waals surface area contributed by atoms with Crippen LogP contribution in [0.25, 0.3) is 22.0 Å². The van der Waals surface area contributed by atoms with Crippen LogP contribution >= 0.6 is 11.3 Å². The van der Waals surface area contributed by atoms with Gasteiger partial charge < -0.3 is 9.73 Å². The van der Waals surface area contributed by atoms with Gasteiger partial charge in [0.1, 0.15) is 11.3 Å². The Hall–Kier alpha value is -3.32. The summed E-state index contributed by atoms with van der Waals surface area (Å²) in [6, 6.07) is 15.7. The van der Waals surface area contributed by atoms with E-state index in [4.69, 9.17) is 4.42 Å². The van der Waals surface area contributed by atoms with Crippen LogP contribution in [-0.4, -0.2) is 21.1 Å². The van der Waals surface area contributed by atoms with E-state index >= 15 is 0 Å². The molecule has 0 aliphatic rings. The Balaban J connectivity index is 1.42. The van der Waals surface area contributed by atoms with Crippen LogP contribution in [-0.2, 0) is 11.2 Å². The van der Waals surface area contributed by atoms with Gasteiger partial charge in [-0.1, -0.05) is 53.3 Å². The first-order valence-corrected chi connectivity index (χ1v) is 9.61. The molecule has 0 aliphatic carbocycles. The van der Waals surface area contributed by atoms with Gasteiger partial charge in [0.15, 0.2) is 0 Å². The van der Waals surface area contributed by atoms with E-state index in [0.717, 1.165) is 21.7 Å². The maximum Gasteiger partial charge on any atom is 0.232 e. The van der Waals surface area contributed by atoms with E-state index in [0.29, 0.717) is 16.7 Å². The number of benzene rings is 2. The molecule has 0 radical (unpaired) electrons. The Morgan fingerprint density at radius 1 is 1.11 bits per heavy atom. The topological polar surface area (TPSA) is 80.9 Å². The SMILES string of the molecule is Cc1ccc(-c2nnc(NC(=O)Cc3coc(-c4ccccc4)n3)s2)c(C)c1. The molecule has 0 saturated carbocycles. The normalized spacial score (nSPS) is 10.8. The summed E-state index contributed by atoms with van der Waals surface area (Å²) >= 11 is 1.35. The van der Waals surface area contributed by atoms with Gasteiger partial charge in [-0.15, -0.1) is 10.2 Å². The Bertz CT molecular complexity index is 1120. The molecule has 140 valence electrons. The fourth-order valence-corrected chi connectivity index (χ4v) is 3.72. The van der Waals surface area contributed by atoms with Crippen LogP contribution in [0.2, 0.25) is 0 Å². The summed E-state index contributed by atoms with van der Waals surface area (Å²) in [5.74, 6) is 0.285. The van der Waals surface area contributed by atoms with Crippen molar-refractivity contribution in [1.29, 1.82) is 0 Å². The lowest BCUT2D eigenvalue weighted by Crippen LogP contribution is -2.14. The van der Waals surface area contributed by atoms with E-state index in [2.05, 4.69) is 33.5 Å². The predicted molar refractivity (Wildman–Crippen MR) is 109 cm³/mol. The van der Waals surface area contributed by atoms with Crippen LogP contribution in [0.15, 0.2) is 59.2 Å². The number of aromatic nitrogens is 3. The Morgan fingerprint density at radius 2 is 1.93 bits per heavy atom. The lowest BCUT2D eigenvalue weighted by atomic mass is 10.1. The third kappa shape index (κ3) is 3.99. The van der Waals surface area contributed by atoms with Crippen molar-refractivity contribution < 1.29 is 9.21 Å². The summed E-state index contributed by atoms with van der Waals surface area (Å²) in [6.07, 6.45) is 1.61. The molecular formula is C21H18N4O2S. The average molecular weight is 390 g/mol. The molecule has 28 heavy (non-hydrogen) atoms. The van der Waals surface area contributed by atoms with Gasteiger partial charge in [0.25, 0.3) is 0 Å². The largest absolute Gasteiger partial charge is 0.444 e. The zero-order chi connectivity index (χ0) is 19.5. The number of hydrogen-bond acceptors (Lipinski definition) is 6. The molecule has 4 rings (SSSR count). The van der Waals surface area contributed by atoms with Crippen molar-refractivity contribution in [3.05, 3.63) is 71.6 Å². The highest BCUT2D eigenvalue weighted by molar-refractivity contribution is 7.18. The van der Waals surface area contributed by atoms with E-state index in [-0.39, 0.29) is 12.3 Å². The number of oxazole rings is 1. The molecule has 0 fully saturated rings. The fraction of sp³-hybridized carbons (Fsp3) is 0.143. The molecule has 0 bridgehead atoms. The van der Waals surface area contributed by atoms with Crippen LogP contribution in [0.4, 0.5) is 5.13 Å². The van der Waals surface area contributed by atoms with Crippen LogP contribution in [0, 0.1) is 13.8 Å². The number of carbonyl (C=O) groups excluding carboxylic acids is 1. The maximum atomic E-state index is 12.3. The minimum atomic E-state index is -0.212. The highest BCUT2D eigenvalue weighted by Crippen LogP contribution is 2.29. The number of aryl methyl sites for hydroxylation is 2. The average Bonchev–Trinajstić information content (AvgIpc) is 3.32. The van der Waals surface area contributed by atoms with Gasteiger partial charge >= 0.3 is 0 Å². The molecule has 1 N–H and O–H groups in total. The van der Waals surface area contributed by atoms with E-state index in [1.165, 1.54) is 23.2 Å². The van der Waals surface area contributed by atoms with Crippen LogP contribution in [0.5, 0.6) is 0 Å². The molecule has 4 aromatic rings. The Labute approximate surface area is 166 Å². The van der Waals surface area contributed by atoms with E-state index in [1.807, 2.05) is 49.4 Å². The summed E-state index contributed by atoms with van der Waals surface area (Å²) in [6.45, 7) is 4.09. The number of nitrogens with one attached hydrogen (secondary N) is 1. The summed E-state index contributed by atoms with van der Waals surface area (Å²) in [4.78, 5) is 16.7. The van der Waals surface area contributed by atoms with Crippen molar-refractivity contribution in [3.63, 3.8) is 0 Å². The standard InChI is InChI=1S/C21H18N4O2S/c1-13-8-9-17(14(2)10-13)20-24-25-21(28-20)23-18(26)11-16-12-27-19(22-16)15-6-4-3-5-7-15/h3-10,12H,11H2,1-2H3,(H,23,25,26).